The predicted octanol–water partition coefficient (Wildman–Crippen LogP) is 6.16. The molecule has 9 nitrogen and oxygen atoms in total. The van der Waals surface area contributed by atoms with Gasteiger partial charge in [0.25, 0.3) is 11.5 Å². The van der Waals surface area contributed by atoms with Gasteiger partial charge in [0.2, 0.25) is 0 Å². The highest BCUT2D eigenvalue weighted by molar-refractivity contribution is 6.05. The second-order valence-corrected chi connectivity index (χ2v) is 10.6. The minimum Gasteiger partial charge on any atom is -0.433 e. The molecule has 0 fully saturated rings. The number of nitrogens with one attached hydrogen (secondary N) is 2. The number of carbonyl (C=O) groups excluding carboxylic acids is 2. The van der Waals surface area contributed by atoms with E-state index < -0.39 is 29.9 Å². The summed E-state index contributed by atoms with van der Waals surface area (Å²) < 4.78 is 46.5. The zero-order valence-corrected chi connectivity index (χ0v) is 24.5. The van der Waals surface area contributed by atoms with Gasteiger partial charge in [-0.3, -0.25) is 14.4 Å². The Kier molecular flexibility index (Phi) is 9.41. The first-order valence-electron chi connectivity index (χ1n) is 14.2. The Hall–Kier alpha value is -5.26. The third-order valence-corrected chi connectivity index (χ3v) is 7.39. The van der Waals surface area contributed by atoms with Gasteiger partial charge in [0, 0.05) is 12.0 Å². The number of nitrogens with zero attached hydrogens (tertiary/aromatic N) is 3. The van der Waals surface area contributed by atoms with E-state index in [0.29, 0.717) is 17.5 Å². The van der Waals surface area contributed by atoms with Gasteiger partial charge in [0.05, 0.1) is 18.1 Å². The molecular formula is C33H30F3N5O4. The van der Waals surface area contributed by atoms with E-state index in [9.17, 15) is 27.6 Å². The van der Waals surface area contributed by atoms with Gasteiger partial charge in [0.15, 0.2) is 16.9 Å². The summed E-state index contributed by atoms with van der Waals surface area (Å²) in [6, 6.07) is 17.4. The van der Waals surface area contributed by atoms with E-state index in [4.69, 9.17) is 0 Å². The van der Waals surface area contributed by atoms with Crippen molar-refractivity contribution in [1.82, 2.24) is 19.5 Å². The largest absolute Gasteiger partial charge is 0.433 e. The number of amides is 1. The van der Waals surface area contributed by atoms with Crippen molar-refractivity contribution in [2.75, 3.05) is 5.32 Å². The molecule has 2 N–H and O–H groups in total. The number of aromatic nitrogens is 4. The summed E-state index contributed by atoms with van der Waals surface area (Å²) in [5.41, 5.74) is 1.70. The molecule has 1 amide bonds. The molecule has 1 atom stereocenters. The topological polar surface area (TPSA) is 119 Å². The monoisotopic (exact) mass is 617 g/mol. The van der Waals surface area contributed by atoms with Crippen LogP contribution in [0.3, 0.4) is 0 Å². The fourth-order valence-corrected chi connectivity index (χ4v) is 5.07. The van der Waals surface area contributed by atoms with Gasteiger partial charge in [0.1, 0.15) is 17.4 Å². The van der Waals surface area contributed by atoms with Crippen molar-refractivity contribution in [3.05, 3.63) is 117 Å². The van der Waals surface area contributed by atoms with Crippen LogP contribution in [0.15, 0.2) is 77.9 Å². The summed E-state index contributed by atoms with van der Waals surface area (Å²) >= 11 is 0. The number of rotatable bonds is 12. The molecule has 232 valence electrons. The number of aromatic amines is 1. The number of fused-ring (bicyclic) bond motifs is 1. The van der Waals surface area contributed by atoms with Crippen molar-refractivity contribution in [1.29, 1.82) is 0 Å². The molecule has 0 spiro atoms. The number of ketones is 1. The normalized spacial score (nSPS) is 12.0. The number of benzene rings is 3. The van der Waals surface area contributed by atoms with Gasteiger partial charge < -0.3 is 19.6 Å². The smallest absolute Gasteiger partial charge is 0.387 e. The SMILES string of the molecule is CC(=O)C(CCCc1ccccc1)n1cnc2c(=O)[nH]c(Cc3ccc(OC(F)F)c(NC(=O)c4ccc(C)c(F)c4)c3)nc21. The van der Waals surface area contributed by atoms with Crippen LogP contribution in [0.4, 0.5) is 18.9 Å². The summed E-state index contributed by atoms with van der Waals surface area (Å²) in [4.78, 5) is 49.9. The molecule has 0 aliphatic rings. The Bertz CT molecular complexity index is 1910. The third kappa shape index (κ3) is 7.46. The molecule has 1 unspecified atom stereocenters. The quantitative estimate of drug-likeness (QED) is 0.173. The standard InChI is InChI=1S/C33H30F3N5O4/c1-19-11-13-23(17-24(19)34)31(43)38-25-15-22(12-14-27(25)45-33(35)36)16-28-39-30-29(32(44)40-28)37-18-41(30)26(20(2)42)10-6-9-21-7-4-3-5-8-21/h3-5,7-8,11-15,17-18,26,33H,6,9-10,16H2,1-2H3,(H,38,43)(H,39,40,44). The van der Waals surface area contributed by atoms with Gasteiger partial charge >= 0.3 is 6.61 Å². The van der Waals surface area contributed by atoms with Crippen LogP contribution in [-0.4, -0.2) is 37.8 Å². The molecule has 2 heterocycles. The molecule has 45 heavy (non-hydrogen) atoms. The predicted molar refractivity (Wildman–Crippen MR) is 162 cm³/mol. The van der Waals surface area contributed by atoms with Crippen molar-refractivity contribution < 1.29 is 27.5 Å². The van der Waals surface area contributed by atoms with Gasteiger partial charge in [-0.15, -0.1) is 0 Å². The number of alkyl halides is 2. The number of H-pyrrole nitrogens is 1. The summed E-state index contributed by atoms with van der Waals surface area (Å²) in [7, 11) is 0. The summed E-state index contributed by atoms with van der Waals surface area (Å²) in [6.45, 7) is -0.132. The van der Waals surface area contributed by atoms with Gasteiger partial charge in [-0.05, 0) is 74.1 Å². The first kappa shape index (κ1) is 31.2. The lowest BCUT2D eigenvalue weighted by atomic mass is 10.0. The number of halogens is 3. The molecule has 0 saturated heterocycles. The van der Waals surface area contributed by atoms with E-state index in [0.717, 1.165) is 24.5 Å². The fraction of sp³-hybridized carbons (Fsp3) is 0.242. The maximum Gasteiger partial charge on any atom is 0.387 e. The number of imidazole rings is 1. The van der Waals surface area contributed by atoms with Crippen LogP contribution < -0.4 is 15.6 Å². The Balaban J connectivity index is 1.41. The van der Waals surface area contributed by atoms with Crippen molar-refractivity contribution in [2.45, 2.75) is 52.2 Å². The Morgan fingerprint density at radius 1 is 1.04 bits per heavy atom. The minimum absolute atomic E-state index is 0.0139. The van der Waals surface area contributed by atoms with Crippen molar-refractivity contribution >= 4 is 28.5 Å². The number of Topliss-reactive ketones (excluding diaryl/α,β-unsaturated/α-hetero) is 1. The second-order valence-electron chi connectivity index (χ2n) is 10.6. The zero-order valence-electron chi connectivity index (χ0n) is 24.5. The average molecular weight is 618 g/mol. The molecule has 5 rings (SSSR count). The summed E-state index contributed by atoms with van der Waals surface area (Å²) in [5.74, 6) is -1.50. The van der Waals surface area contributed by atoms with Crippen LogP contribution in [0.25, 0.3) is 11.2 Å². The van der Waals surface area contributed by atoms with Crippen LogP contribution >= 0.6 is 0 Å². The van der Waals surface area contributed by atoms with E-state index in [1.165, 1.54) is 43.6 Å². The molecule has 0 radical (unpaired) electrons. The minimum atomic E-state index is -3.16. The van der Waals surface area contributed by atoms with Crippen molar-refractivity contribution in [2.24, 2.45) is 0 Å². The summed E-state index contributed by atoms with van der Waals surface area (Å²) in [5, 5.41) is 2.50. The molecule has 0 aliphatic carbocycles. The molecule has 12 heteroatoms. The molecule has 3 aromatic carbocycles. The highest BCUT2D eigenvalue weighted by Gasteiger charge is 2.22. The number of hydrogen-bond donors (Lipinski definition) is 2. The maximum absolute atomic E-state index is 14.0. The fourth-order valence-electron chi connectivity index (χ4n) is 5.07. The van der Waals surface area contributed by atoms with Crippen molar-refractivity contribution in [3.8, 4) is 5.75 Å². The zero-order chi connectivity index (χ0) is 32.1. The van der Waals surface area contributed by atoms with E-state index in [1.807, 2.05) is 30.3 Å². The maximum atomic E-state index is 14.0. The molecule has 0 aliphatic heterocycles. The van der Waals surface area contributed by atoms with E-state index >= 15 is 0 Å². The summed E-state index contributed by atoms with van der Waals surface area (Å²) in [6.07, 6.45) is 3.48. The third-order valence-electron chi connectivity index (χ3n) is 7.39. The van der Waals surface area contributed by atoms with Gasteiger partial charge in [-0.25, -0.2) is 14.4 Å². The number of ether oxygens (including phenoxy) is 1. The highest BCUT2D eigenvalue weighted by Crippen LogP contribution is 2.29. The lowest BCUT2D eigenvalue weighted by Crippen LogP contribution is -2.19. The Morgan fingerprint density at radius 2 is 1.82 bits per heavy atom. The van der Waals surface area contributed by atoms with Gasteiger partial charge in [-0.1, -0.05) is 42.5 Å². The van der Waals surface area contributed by atoms with E-state index in [-0.39, 0.29) is 46.2 Å². The number of hydrogen-bond acceptors (Lipinski definition) is 6. The van der Waals surface area contributed by atoms with Gasteiger partial charge in [-0.2, -0.15) is 8.78 Å². The molecule has 0 bridgehead atoms. The second kappa shape index (κ2) is 13.6. The van der Waals surface area contributed by atoms with Crippen LogP contribution in [-0.2, 0) is 17.6 Å². The molecule has 0 saturated carbocycles. The van der Waals surface area contributed by atoms with E-state index in [1.54, 1.807) is 11.5 Å². The van der Waals surface area contributed by atoms with Crippen LogP contribution in [0.2, 0.25) is 0 Å². The molecule has 2 aromatic heterocycles. The number of anilines is 1. The van der Waals surface area contributed by atoms with Crippen LogP contribution in [0.5, 0.6) is 5.75 Å². The Labute approximate surface area is 256 Å². The van der Waals surface area contributed by atoms with Crippen LogP contribution in [0.1, 0.15) is 58.7 Å². The van der Waals surface area contributed by atoms with Crippen LogP contribution in [0, 0.1) is 12.7 Å². The van der Waals surface area contributed by atoms with Crippen molar-refractivity contribution in [3.63, 3.8) is 0 Å². The lowest BCUT2D eigenvalue weighted by Gasteiger charge is -2.16. The first-order valence-corrected chi connectivity index (χ1v) is 14.2. The van der Waals surface area contributed by atoms with E-state index in [2.05, 4.69) is 25.0 Å². The molecular weight excluding hydrogens is 587 g/mol. The number of aryl methyl sites for hydroxylation is 2. The Morgan fingerprint density at radius 3 is 2.53 bits per heavy atom. The average Bonchev–Trinajstić information content (AvgIpc) is 3.42. The molecule has 5 aromatic rings. The lowest BCUT2D eigenvalue weighted by molar-refractivity contribution is -0.120. The first-order chi connectivity index (χ1) is 21.6. The highest BCUT2D eigenvalue weighted by atomic mass is 19.3. The number of carbonyl (C=O) groups is 2.